The first kappa shape index (κ1) is 21.4. The van der Waals surface area contributed by atoms with Gasteiger partial charge in [-0.05, 0) is 32.4 Å². The van der Waals surface area contributed by atoms with Crippen molar-refractivity contribution in [1.82, 2.24) is 25.1 Å². The Morgan fingerprint density at radius 2 is 2.12 bits per heavy atom. The Bertz CT molecular complexity index is 1550. The first-order valence-corrected chi connectivity index (χ1v) is 11.9. The number of thiophene rings is 1. The van der Waals surface area contributed by atoms with Crippen molar-refractivity contribution in [3.05, 3.63) is 57.1 Å². The molecule has 4 heterocycles. The van der Waals surface area contributed by atoms with Crippen LogP contribution in [-0.4, -0.2) is 37.7 Å². The quantitative estimate of drug-likeness (QED) is 0.260. The number of benzene rings is 1. The van der Waals surface area contributed by atoms with Crippen molar-refractivity contribution in [2.24, 2.45) is 0 Å². The SMILES string of the molecule is CCOC(=O)c1sc2nc(C(C)Sc3nnc(-c4c[nH]c5ccccc45)o3)[nH]c(=O)c2c1C. The van der Waals surface area contributed by atoms with Crippen LogP contribution in [0.2, 0.25) is 0 Å². The zero-order chi connectivity index (χ0) is 23.1. The predicted octanol–water partition coefficient (Wildman–Crippen LogP) is 4.85. The van der Waals surface area contributed by atoms with E-state index in [-0.39, 0.29) is 17.4 Å². The van der Waals surface area contributed by atoms with Gasteiger partial charge in [-0.15, -0.1) is 21.5 Å². The molecule has 9 nitrogen and oxygen atoms in total. The number of esters is 1. The molecule has 2 N–H and O–H groups in total. The maximum absolute atomic E-state index is 12.7. The lowest BCUT2D eigenvalue weighted by molar-refractivity contribution is 0.0531. The minimum absolute atomic E-state index is 0.264. The van der Waals surface area contributed by atoms with Gasteiger partial charge < -0.3 is 19.1 Å². The fourth-order valence-corrected chi connectivity index (χ4v) is 5.39. The Morgan fingerprint density at radius 1 is 1.30 bits per heavy atom. The number of nitrogens with one attached hydrogen (secondary N) is 2. The number of H-pyrrole nitrogens is 2. The zero-order valence-corrected chi connectivity index (χ0v) is 19.6. The summed E-state index contributed by atoms with van der Waals surface area (Å²) in [4.78, 5) is 36.4. The van der Waals surface area contributed by atoms with E-state index in [4.69, 9.17) is 9.15 Å². The van der Waals surface area contributed by atoms with Gasteiger partial charge in [-0.1, -0.05) is 30.0 Å². The number of carbonyl (C=O) groups is 1. The number of hydrogen-bond donors (Lipinski definition) is 2. The van der Waals surface area contributed by atoms with Crippen molar-refractivity contribution >= 4 is 50.2 Å². The van der Waals surface area contributed by atoms with E-state index in [9.17, 15) is 9.59 Å². The topological polar surface area (TPSA) is 127 Å². The third-order valence-electron chi connectivity index (χ3n) is 5.17. The Balaban J connectivity index is 1.42. The summed E-state index contributed by atoms with van der Waals surface area (Å²) in [6, 6.07) is 7.86. The molecule has 0 aliphatic rings. The van der Waals surface area contributed by atoms with Crippen molar-refractivity contribution in [2.45, 2.75) is 31.2 Å². The molecule has 0 bridgehead atoms. The molecule has 5 rings (SSSR count). The number of para-hydroxylation sites is 1. The van der Waals surface area contributed by atoms with Crippen molar-refractivity contribution in [2.75, 3.05) is 6.61 Å². The summed E-state index contributed by atoms with van der Waals surface area (Å²) >= 11 is 2.45. The van der Waals surface area contributed by atoms with Crippen molar-refractivity contribution in [1.29, 1.82) is 0 Å². The molecule has 1 unspecified atom stereocenters. The molecular formula is C22H19N5O4S2. The molecule has 5 aromatic rings. The molecule has 0 amide bonds. The highest BCUT2D eigenvalue weighted by Gasteiger charge is 2.23. The highest BCUT2D eigenvalue weighted by atomic mass is 32.2. The van der Waals surface area contributed by atoms with Gasteiger partial charge in [0.15, 0.2) is 0 Å². The van der Waals surface area contributed by atoms with Gasteiger partial charge in [0.05, 0.1) is 22.8 Å². The third kappa shape index (κ3) is 3.83. The summed E-state index contributed by atoms with van der Waals surface area (Å²) < 4.78 is 11.0. The van der Waals surface area contributed by atoms with E-state index >= 15 is 0 Å². The van der Waals surface area contributed by atoms with E-state index in [0.29, 0.717) is 37.6 Å². The minimum Gasteiger partial charge on any atom is -0.462 e. The summed E-state index contributed by atoms with van der Waals surface area (Å²) in [5.74, 6) is 0.421. The van der Waals surface area contributed by atoms with Gasteiger partial charge in [0.1, 0.15) is 15.5 Å². The molecule has 11 heteroatoms. The van der Waals surface area contributed by atoms with Gasteiger partial charge in [0, 0.05) is 17.1 Å². The number of ether oxygens (including phenoxy) is 1. The fraction of sp³-hybridized carbons (Fsp3) is 0.227. The van der Waals surface area contributed by atoms with Crippen LogP contribution in [0.5, 0.6) is 0 Å². The van der Waals surface area contributed by atoms with Crippen LogP contribution in [0.3, 0.4) is 0 Å². The van der Waals surface area contributed by atoms with Crippen molar-refractivity contribution < 1.29 is 13.9 Å². The average molecular weight is 482 g/mol. The molecule has 4 aromatic heterocycles. The van der Waals surface area contributed by atoms with Crippen LogP contribution in [0.25, 0.3) is 32.6 Å². The summed E-state index contributed by atoms with van der Waals surface area (Å²) in [6.07, 6.45) is 1.84. The van der Waals surface area contributed by atoms with Crippen LogP contribution in [-0.2, 0) is 4.74 Å². The lowest BCUT2D eigenvalue weighted by Gasteiger charge is -2.07. The summed E-state index contributed by atoms with van der Waals surface area (Å²) in [6.45, 7) is 5.62. The number of thioether (sulfide) groups is 1. The van der Waals surface area contributed by atoms with Gasteiger partial charge >= 0.3 is 5.97 Å². The van der Waals surface area contributed by atoms with Gasteiger partial charge in [-0.3, -0.25) is 4.79 Å². The number of hydrogen-bond acceptors (Lipinski definition) is 9. The van der Waals surface area contributed by atoms with Crippen molar-refractivity contribution in [3.8, 4) is 11.5 Å². The van der Waals surface area contributed by atoms with Crippen LogP contribution < -0.4 is 5.56 Å². The molecule has 0 fully saturated rings. The van der Waals surface area contributed by atoms with E-state index in [1.54, 1.807) is 13.8 Å². The highest BCUT2D eigenvalue weighted by molar-refractivity contribution is 7.99. The van der Waals surface area contributed by atoms with Crippen LogP contribution >= 0.6 is 23.1 Å². The van der Waals surface area contributed by atoms with Crippen LogP contribution in [0.1, 0.15) is 40.2 Å². The van der Waals surface area contributed by atoms with E-state index in [2.05, 4.69) is 25.1 Å². The van der Waals surface area contributed by atoms with E-state index in [1.165, 1.54) is 11.8 Å². The van der Waals surface area contributed by atoms with Gasteiger partial charge in [0.25, 0.3) is 16.7 Å². The molecule has 0 aliphatic carbocycles. The van der Waals surface area contributed by atoms with Gasteiger partial charge in [0.2, 0.25) is 0 Å². The lowest BCUT2D eigenvalue weighted by Crippen LogP contribution is -2.12. The first-order valence-electron chi connectivity index (χ1n) is 10.2. The van der Waals surface area contributed by atoms with E-state index in [0.717, 1.165) is 27.8 Å². The zero-order valence-electron chi connectivity index (χ0n) is 18.0. The van der Waals surface area contributed by atoms with Crippen LogP contribution in [0.4, 0.5) is 0 Å². The number of aromatic amines is 2. The molecule has 168 valence electrons. The molecule has 0 aliphatic heterocycles. The molecule has 1 atom stereocenters. The first-order chi connectivity index (χ1) is 16.0. The number of rotatable bonds is 6. The molecule has 0 saturated carbocycles. The minimum atomic E-state index is -0.447. The summed E-state index contributed by atoms with van der Waals surface area (Å²) in [5, 5.41) is 9.81. The molecule has 33 heavy (non-hydrogen) atoms. The molecule has 0 spiro atoms. The van der Waals surface area contributed by atoms with Crippen LogP contribution in [0, 0.1) is 6.92 Å². The van der Waals surface area contributed by atoms with Gasteiger partial charge in [-0.25, -0.2) is 9.78 Å². The average Bonchev–Trinajstić information content (AvgIpc) is 3.51. The molecular weight excluding hydrogens is 462 g/mol. The summed E-state index contributed by atoms with van der Waals surface area (Å²) in [7, 11) is 0. The smallest absolute Gasteiger partial charge is 0.348 e. The fourth-order valence-electron chi connectivity index (χ4n) is 3.57. The number of aromatic nitrogens is 5. The number of aryl methyl sites for hydroxylation is 1. The predicted molar refractivity (Wildman–Crippen MR) is 127 cm³/mol. The molecule has 0 saturated heterocycles. The Morgan fingerprint density at radius 3 is 2.94 bits per heavy atom. The standard InChI is InChI=1S/C22H19N5O4S2/c1-4-30-21(29)16-10(2)15-18(28)24-17(25-20(15)33-16)11(3)32-22-27-26-19(31-22)13-9-23-14-8-6-5-7-12(13)14/h5-9,11,23H,4H2,1-3H3,(H,24,25,28). The number of nitrogens with zero attached hydrogens (tertiary/aromatic N) is 3. The normalized spacial score (nSPS) is 12.5. The Labute approximate surface area is 195 Å². The van der Waals surface area contributed by atoms with E-state index < -0.39 is 5.97 Å². The Kier molecular flexibility index (Phi) is 5.51. The second-order valence-electron chi connectivity index (χ2n) is 7.29. The van der Waals surface area contributed by atoms with Crippen molar-refractivity contribution in [3.63, 3.8) is 0 Å². The highest BCUT2D eigenvalue weighted by Crippen LogP contribution is 2.36. The Hall–Kier alpha value is -3.44. The second-order valence-corrected chi connectivity index (χ2v) is 9.58. The largest absolute Gasteiger partial charge is 0.462 e. The number of carbonyl (C=O) groups excluding carboxylic acids is 1. The lowest BCUT2D eigenvalue weighted by atomic mass is 10.2. The monoisotopic (exact) mass is 481 g/mol. The van der Waals surface area contributed by atoms with Gasteiger partial charge in [-0.2, -0.15) is 0 Å². The third-order valence-corrected chi connectivity index (χ3v) is 7.28. The maximum atomic E-state index is 12.7. The number of fused-ring (bicyclic) bond motifs is 2. The maximum Gasteiger partial charge on any atom is 0.348 e. The molecule has 0 radical (unpaired) electrons. The van der Waals surface area contributed by atoms with Crippen LogP contribution in [0.15, 0.2) is 44.9 Å². The summed E-state index contributed by atoms with van der Waals surface area (Å²) in [5.41, 5.74) is 2.09. The second kappa shape index (κ2) is 8.49. The molecule has 1 aromatic carbocycles. The van der Waals surface area contributed by atoms with E-state index in [1.807, 2.05) is 37.4 Å².